The topological polar surface area (TPSA) is 85.3 Å². The van der Waals surface area contributed by atoms with Gasteiger partial charge in [0.15, 0.2) is 0 Å². The zero-order chi connectivity index (χ0) is 15.3. The molecule has 1 heterocycles. The van der Waals surface area contributed by atoms with Gasteiger partial charge >= 0.3 is 0 Å². The molecule has 0 aliphatic carbocycles. The Morgan fingerprint density at radius 1 is 1.29 bits per heavy atom. The van der Waals surface area contributed by atoms with Gasteiger partial charge in [-0.15, -0.1) is 11.8 Å². The Morgan fingerprint density at radius 2 is 2.05 bits per heavy atom. The van der Waals surface area contributed by atoms with E-state index in [4.69, 9.17) is 10.2 Å². The number of rotatable bonds is 7. The minimum atomic E-state index is -3.36. The summed E-state index contributed by atoms with van der Waals surface area (Å²) in [6.45, 7) is 1.75. The van der Waals surface area contributed by atoms with Gasteiger partial charge in [0.05, 0.1) is 18.1 Å². The summed E-state index contributed by atoms with van der Waals surface area (Å²) in [5, 5.41) is 0. The summed E-state index contributed by atoms with van der Waals surface area (Å²) < 4.78 is 31.8. The Hall–Kier alpha value is -1.44. The molecule has 2 aromatic rings. The van der Waals surface area contributed by atoms with Crippen LogP contribution in [0.4, 0.5) is 5.69 Å². The highest BCUT2D eigenvalue weighted by molar-refractivity contribution is 8.00. The van der Waals surface area contributed by atoms with Gasteiger partial charge in [-0.05, 0) is 31.2 Å². The molecule has 1 aromatic heterocycles. The van der Waals surface area contributed by atoms with Crippen LogP contribution >= 0.6 is 11.8 Å². The third kappa shape index (κ3) is 4.80. The first kappa shape index (κ1) is 15.9. The van der Waals surface area contributed by atoms with Gasteiger partial charge in [0.1, 0.15) is 5.76 Å². The van der Waals surface area contributed by atoms with Gasteiger partial charge in [0.25, 0.3) is 0 Å². The predicted molar refractivity (Wildman–Crippen MR) is 85.6 cm³/mol. The fourth-order valence-electron chi connectivity index (χ4n) is 1.80. The van der Waals surface area contributed by atoms with Crippen LogP contribution in [0.25, 0.3) is 0 Å². The molecular formula is C14H18N2O3S2. The SMILES string of the molecule is CC(NS(=O)(=O)CCSc1ccccc1N)c1ccco1. The molecule has 1 unspecified atom stereocenters. The van der Waals surface area contributed by atoms with Gasteiger partial charge in [-0.2, -0.15) is 0 Å². The number of nitrogen functional groups attached to an aromatic ring is 1. The van der Waals surface area contributed by atoms with Crippen LogP contribution in [-0.4, -0.2) is 19.9 Å². The molecule has 0 saturated heterocycles. The van der Waals surface area contributed by atoms with Crippen LogP contribution in [0.3, 0.4) is 0 Å². The molecular weight excluding hydrogens is 308 g/mol. The molecule has 7 heteroatoms. The Labute approximate surface area is 129 Å². The van der Waals surface area contributed by atoms with Crippen molar-refractivity contribution < 1.29 is 12.8 Å². The van der Waals surface area contributed by atoms with E-state index < -0.39 is 10.0 Å². The lowest BCUT2D eigenvalue weighted by Crippen LogP contribution is -2.29. The molecule has 0 fully saturated rings. The lowest BCUT2D eigenvalue weighted by molar-refractivity contribution is 0.459. The highest BCUT2D eigenvalue weighted by atomic mass is 32.2. The molecule has 0 bridgehead atoms. The molecule has 3 N–H and O–H groups in total. The van der Waals surface area contributed by atoms with Crippen molar-refractivity contribution in [3.63, 3.8) is 0 Å². The van der Waals surface area contributed by atoms with E-state index in [9.17, 15) is 8.42 Å². The largest absolute Gasteiger partial charge is 0.468 e. The number of hydrogen-bond donors (Lipinski definition) is 2. The Bertz CT molecular complexity index is 669. The molecule has 0 amide bonds. The summed E-state index contributed by atoms with van der Waals surface area (Å²) in [6.07, 6.45) is 1.52. The van der Waals surface area contributed by atoms with Gasteiger partial charge in [-0.3, -0.25) is 0 Å². The summed E-state index contributed by atoms with van der Waals surface area (Å²) in [7, 11) is -3.36. The standard InChI is InChI=1S/C14H18N2O3S2/c1-11(13-6-4-8-19-13)16-21(17,18)10-9-20-14-7-3-2-5-12(14)15/h2-8,11,16H,9-10,15H2,1H3. The number of benzene rings is 1. The van der Waals surface area contributed by atoms with Crippen LogP contribution in [0.5, 0.6) is 0 Å². The fourth-order valence-corrected chi connectivity index (χ4v) is 4.41. The van der Waals surface area contributed by atoms with Gasteiger partial charge in [0.2, 0.25) is 10.0 Å². The molecule has 0 saturated carbocycles. The van der Waals surface area contributed by atoms with Crippen LogP contribution in [0.1, 0.15) is 18.7 Å². The smallest absolute Gasteiger partial charge is 0.213 e. The van der Waals surface area contributed by atoms with Crippen molar-refractivity contribution >= 4 is 27.5 Å². The number of anilines is 1. The number of thioether (sulfide) groups is 1. The number of nitrogens with two attached hydrogens (primary N) is 1. The summed E-state index contributed by atoms with van der Waals surface area (Å²) in [5.74, 6) is 1.06. The second kappa shape index (κ2) is 7.02. The van der Waals surface area contributed by atoms with Gasteiger partial charge in [0, 0.05) is 16.3 Å². The van der Waals surface area contributed by atoms with Crippen molar-refractivity contribution in [3.05, 3.63) is 48.4 Å². The summed E-state index contributed by atoms with van der Waals surface area (Å²) >= 11 is 1.43. The third-order valence-electron chi connectivity index (χ3n) is 2.85. The molecule has 2 rings (SSSR count). The monoisotopic (exact) mass is 326 g/mol. The maximum absolute atomic E-state index is 12.0. The molecule has 1 aromatic carbocycles. The summed E-state index contributed by atoms with van der Waals surface area (Å²) in [4.78, 5) is 0.895. The number of nitrogens with one attached hydrogen (secondary N) is 1. The number of sulfonamides is 1. The molecule has 0 spiro atoms. The number of para-hydroxylation sites is 1. The van der Waals surface area contributed by atoms with Crippen molar-refractivity contribution in [1.82, 2.24) is 4.72 Å². The molecule has 0 aliphatic heterocycles. The minimum Gasteiger partial charge on any atom is -0.468 e. The van der Waals surface area contributed by atoms with E-state index in [1.54, 1.807) is 25.1 Å². The van der Waals surface area contributed by atoms with Crippen molar-refractivity contribution in [2.75, 3.05) is 17.2 Å². The van der Waals surface area contributed by atoms with Crippen molar-refractivity contribution in [3.8, 4) is 0 Å². The Kier molecular flexibility index (Phi) is 5.33. The van der Waals surface area contributed by atoms with Crippen LogP contribution in [0, 0.1) is 0 Å². The van der Waals surface area contributed by atoms with E-state index in [0.29, 0.717) is 17.2 Å². The highest BCUT2D eigenvalue weighted by Gasteiger charge is 2.17. The lowest BCUT2D eigenvalue weighted by Gasteiger charge is -2.12. The van der Waals surface area contributed by atoms with E-state index >= 15 is 0 Å². The van der Waals surface area contributed by atoms with Crippen molar-refractivity contribution in [1.29, 1.82) is 0 Å². The average molecular weight is 326 g/mol. The molecule has 0 radical (unpaired) electrons. The van der Waals surface area contributed by atoms with Crippen LogP contribution in [0.15, 0.2) is 52.0 Å². The zero-order valence-electron chi connectivity index (χ0n) is 11.7. The maximum atomic E-state index is 12.0. The van der Waals surface area contributed by atoms with Gasteiger partial charge < -0.3 is 10.2 Å². The minimum absolute atomic E-state index is 0.0249. The number of furan rings is 1. The van der Waals surface area contributed by atoms with Crippen molar-refractivity contribution in [2.45, 2.75) is 17.9 Å². The Morgan fingerprint density at radius 3 is 2.71 bits per heavy atom. The maximum Gasteiger partial charge on any atom is 0.213 e. The van der Waals surface area contributed by atoms with E-state index in [2.05, 4.69) is 4.72 Å². The van der Waals surface area contributed by atoms with E-state index in [0.717, 1.165) is 4.90 Å². The van der Waals surface area contributed by atoms with E-state index in [1.807, 2.05) is 18.2 Å². The molecule has 114 valence electrons. The second-order valence-corrected chi connectivity index (χ2v) is 7.57. The van der Waals surface area contributed by atoms with Gasteiger partial charge in [-0.25, -0.2) is 13.1 Å². The van der Waals surface area contributed by atoms with Crippen molar-refractivity contribution in [2.24, 2.45) is 0 Å². The lowest BCUT2D eigenvalue weighted by atomic mass is 10.3. The average Bonchev–Trinajstić information content (AvgIpc) is 2.94. The highest BCUT2D eigenvalue weighted by Crippen LogP contribution is 2.24. The fraction of sp³-hybridized carbons (Fsp3) is 0.286. The first-order valence-electron chi connectivity index (χ1n) is 6.48. The molecule has 21 heavy (non-hydrogen) atoms. The first-order valence-corrected chi connectivity index (χ1v) is 9.12. The van der Waals surface area contributed by atoms with E-state index in [1.165, 1.54) is 18.0 Å². The zero-order valence-corrected chi connectivity index (χ0v) is 13.3. The van der Waals surface area contributed by atoms with Crippen LogP contribution in [0.2, 0.25) is 0 Å². The molecule has 0 aliphatic rings. The summed E-state index contributed by atoms with van der Waals surface area (Å²) in [6, 6.07) is 10.5. The predicted octanol–water partition coefficient (Wildman–Crippen LogP) is 2.63. The normalized spacial score (nSPS) is 13.2. The quantitative estimate of drug-likeness (QED) is 0.603. The third-order valence-corrected chi connectivity index (χ3v) is 5.66. The number of hydrogen-bond acceptors (Lipinski definition) is 5. The molecule has 5 nitrogen and oxygen atoms in total. The van der Waals surface area contributed by atoms with Gasteiger partial charge in [-0.1, -0.05) is 12.1 Å². The second-order valence-electron chi connectivity index (χ2n) is 4.56. The van der Waals surface area contributed by atoms with Crippen LogP contribution in [-0.2, 0) is 10.0 Å². The molecule has 1 atom stereocenters. The first-order chi connectivity index (χ1) is 9.98. The Balaban J connectivity index is 1.86. The van der Waals surface area contributed by atoms with Crippen LogP contribution < -0.4 is 10.5 Å². The summed E-state index contributed by atoms with van der Waals surface area (Å²) in [5.41, 5.74) is 6.48. The van der Waals surface area contributed by atoms with E-state index in [-0.39, 0.29) is 11.8 Å².